The molecule has 2 heterocycles. The molecule has 136 valence electrons. The molecule has 1 N–H and O–H groups in total. The average Bonchev–Trinajstić information content (AvgIpc) is 2.94. The Balaban J connectivity index is 1.65. The fraction of sp³-hybridized carbons (Fsp3) is 0.0625. The minimum absolute atomic E-state index is 0.0133. The van der Waals surface area contributed by atoms with Crippen LogP contribution in [0.15, 0.2) is 53.6 Å². The normalized spacial score (nSPS) is 11.5. The van der Waals surface area contributed by atoms with Crippen LogP contribution in [0.2, 0.25) is 8.67 Å². The predicted octanol–water partition coefficient (Wildman–Crippen LogP) is 4.86. The van der Waals surface area contributed by atoms with E-state index in [0.29, 0.717) is 11.3 Å². The number of aromatic nitrogens is 1. The molecule has 0 saturated heterocycles. The van der Waals surface area contributed by atoms with E-state index in [-0.39, 0.29) is 26.0 Å². The molecule has 0 fully saturated rings. The van der Waals surface area contributed by atoms with E-state index in [0.717, 1.165) is 11.3 Å². The number of benzene rings is 1. The number of pyridine rings is 1. The monoisotopic (exact) mass is 432 g/mol. The molecule has 0 aliphatic carbocycles. The Kier molecular flexibility index (Phi) is 5.79. The van der Waals surface area contributed by atoms with Gasteiger partial charge in [0.05, 0.1) is 4.34 Å². The van der Waals surface area contributed by atoms with Crippen molar-refractivity contribution >= 4 is 44.6 Å². The lowest BCUT2D eigenvalue weighted by atomic mass is 10.3. The lowest BCUT2D eigenvalue weighted by molar-refractivity contribution is 0.457. The van der Waals surface area contributed by atoms with Crippen LogP contribution in [-0.4, -0.2) is 13.4 Å². The van der Waals surface area contributed by atoms with Gasteiger partial charge < -0.3 is 4.74 Å². The summed E-state index contributed by atoms with van der Waals surface area (Å²) >= 11 is 12.6. The van der Waals surface area contributed by atoms with E-state index in [1.54, 1.807) is 18.2 Å². The molecule has 0 unspecified atom stereocenters. The fourth-order valence-electron chi connectivity index (χ4n) is 1.99. The number of thiophene rings is 1. The van der Waals surface area contributed by atoms with Crippen LogP contribution < -0.4 is 9.46 Å². The molecular formula is C16H11Cl2FN2O3S2. The van der Waals surface area contributed by atoms with Crippen LogP contribution in [-0.2, 0) is 16.6 Å². The Hall–Kier alpha value is -1.71. The molecule has 5 nitrogen and oxygen atoms in total. The summed E-state index contributed by atoms with van der Waals surface area (Å²) in [5.74, 6) is 0.158. The first-order valence-corrected chi connectivity index (χ1v) is 10.2. The van der Waals surface area contributed by atoms with E-state index in [2.05, 4.69) is 9.71 Å². The molecule has 3 rings (SSSR count). The van der Waals surface area contributed by atoms with E-state index >= 15 is 0 Å². The third-order valence-electron chi connectivity index (χ3n) is 3.20. The molecule has 0 spiro atoms. The second kappa shape index (κ2) is 7.89. The third-order valence-corrected chi connectivity index (χ3v) is 6.35. The summed E-state index contributed by atoms with van der Waals surface area (Å²) in [6, 6.07) is 10.2. The van der Waals surface area contributed by atoms with Gasteiger partial charge in [0.1, 0.15) is 20.8 Å². The first-order chi connectivity index (χ1) is 12.3. The average molecular weight is 433 g/mol. The Morgan fingerprint density at radius 1 is 1.19 bits per heavy atom. The van der Waals surface area contributed by atoms with E-state index in [4.69, 9.17) is 27.9 Å². The molecule has 0 amide bonds. The molecule has 3 aromatic rings. The van der Waals surface area contributed by atoms with E-state index in [1.807, 2.05) is 0 Å². The zero-order valence-corrected chi connectivity index (χ0v) is 16.1. The topological polar surface area (TPSA) is 68.3 Å². The largest absolute Gasteiger partial charge is 0.439 e. The molecule has 0 aliphatic heterocycles. The number of sulfonamides is 1. The number of ether oxygens (including phenoxy) is 1. The SMILES string of the molecule is O=S(=O)(NCc1ccc(Oc2cccc(F)c2)nc1)c1cc(Cl)sc1Cl. The standard InChI is InChI=1S/C16H11Cl2FN2O3S2/c17-14-7-13(16(18)25-14)26(22,23)21-9-10-4-5-15(20-8-10)24-12-3-1-2-11(19)6-12/h1-8,21H,9H2. The van der Waals surface area contributed by atoms with Crippen LogP contribution in [0.5, 0.6) is 11.6 Å². The number of halogens is 3. The van der Waals surface area contributed by atoms with Crippen LogP contribution in [0.3, 0.4) is 0 Å². The van der Waals surface area contributed by atoms with Crippen LogP contribution >= 0.6 is 34.5 Å². The molecule has 0 bridgehead atoms. The van der Waals surface area contributed by atoms with E-state index in [1.165, 1.54) is 30.5 Å². The van der Waals surface area contributed by atoms with Crippen molar-refractivity contribution in [3.8, 4) is 11.6 Å². The van der Waals surface area contributed by atoms with Crippen molar-refractivity contribution < 1.29 is 17.5 Å². The van der Waals surface area contributed by atoms with Crippen LogP contribution in [0, 0.1) is 5.82 Å². The van der Waals surface area contributed by atoms with Gasteiger partial charge in [-0.05, 0) is 23.8 Å². The predicted molar refractivity (Wildman–Crippen MR) is 99.1 cm³/mol. The smallest absolute Gasteiger partial charge is 0.243 e. The van der Waals surface area contributed by atoms with Gasteiger partial charge in [-0.3, -0.25) is 0 Å². The highest BCUT2D eigenvalue weighted by Gasteiger charge is 2.20. The quantitative estimate of drug-likeness (QED) is 0.603. The maximum atomic E-state index is 13.1. The number of nitrogens with zero attached hydrogens (tertiary/aromatic N) is 1. The van der Waals surface area contributed by atoms with Gasteiger partial charge in [0.25, 0.3) is 0 Å². The first-order valence-electron chi connectivity index (χ1n) is 7.16. The zero-order chi connectivity index (χ0) is 18.7. The van der Waals surface area contributed by atoms with Gasteiger partial charge in [0.2, 0.25) is 15.9 Å². The number of rotatable bonds is 6. The minimum Gasteiger partial charge on any atom is -0.439 e. The summed E-state index contributed by atoms with van der Waals surface area (Å²) in [7, 11) is -3.79. The second-order valence-corrected chi connectivity index (χ2v) is 9.10. The summed E-state index contributed by atoms with van der Waals surface area (Å²) in [5.41, 5.74) is 0.609. The summed E-state index contributed by atoms with van der Waals surface area (Å²) in [5, 5.41) is 0. The van der Waals surface area contributed by atoms with Gasteiger partial charge in [-0.15, -0.1) is 11.3 Å². The van der Waals surface area contributed by atoms with E-state index < -0.39 is 15.8 Å². The summed E-state index contributed by atoms with van der Waals surface area (Å²) in [6.45, 7) is 0.0133. The van der Waals surface area contributed by atoms with Crippen molar-refractivity contribution in [1.29, 1.82) is 0 Å². The Labute approximate surface area is 163 Å². The van der Waals surface area contributed by atoms with Gasteiger partial charge in [-0.1, -0.05) is 35.3 Å². The van der Waals surface area contributed by atoms with Crippen molar-refractivity contribution in [1.82, 2.24) is 9.71 Å². The van der Waals surface area contributed by atoms with Crippen LogP contribution in [0.4, 0.5) is 4.39 Å². The molecule has 2 aromatic heterocycles. The van der Waals surface area contributed by atoms with Crippen molar-refractivity contribution in [2.75, 3.05) is 0 Å². The summed E-state index contributed by atoms with van der Waals surface area (Å²) < 4.78 is 45.9. The summed E-state index contributed by atoms with van der Waals surface area (Å²) in [4.78, 5) is 4.01. The fourth-order valence-corrected chi connectivity index (χ4v) is 5.16. The van der Waals surface area contributed by atoms with Crippen molar-refractivity contribution in [2.45, 2.75) is 11.4 Å². The maximum Gasteiger partial charge on any atom is 0.243 e. The first kappa shape index (κ1) is 19.1. The molecule has 0 radical (unpaired) electrons. The number of hydrogen-bond acceptors (Lipinski definition) is 5. The van der Waals surface area contributed by atoms with Gasteiger partial charge in [0, 0.05) is 24.9 Å². The second-order valence-electron chi connectivity index (χ2n) is 5.08. The van der Waals surface area contributed by atoms with Crippen LogP contribution in [0.25, 0.3) is 0 Å². The third kappa shape index (κ3) is 4.72. The molecule has 26 heavy (non-hydrogen) atoms. The lowest BCUT2D eigenvalue weighted by Crippen LogP contribution is -2.23. The lowest BCUT2D eigenvalue weighted by Gasteiger charge is -2.07. The highest BCUT2D eigenvalue weighted by molar-refractivity contribution is 7.89. The summed E-state index contributed by atoms with van der Waals surface area (Å²) in [6.07, 6.45) is 1.46. The molecule has 0 aliphatic rings. The maximum absolute atomic E-state index is 13.1. The molecule has 0 atom stereocenters. The van der Waals surface area contributed by atoms with Crippen molar-refractivity contribution in [2.24, 2.45) is 0 Å². The van der Waals surface area contributed by atoms with Gasteiger partial charge in [-0.25, -0.2) is 22.5 Å². The zero-order valence-electron chi connectivity index (χ0n) is 12.9. The van der Waals surface area contributed by atoms with E-state index in [9.17, 15) is 12.8 Å². The van der Waals surface area contributed by atoms with Crippen LogP contribution in [0.1, 0.15) is 5.56 Å². The van der Waals surface area contributed by atoms with Crippen molar-refractivity contribution in [3.63, 3.8) is 0 Å². The Bertz CT molecular complexity index is 1020. The molecule has 1 aromatic carbocycles. The Morgan fingerprint density at radius 2 is 2.00 bits per heavy atom. The highest BCUT2D eigenvalue weighted by atomic mass is 35.5. The molecular weight excluding hydrogens is 422 g/mol. The molecule has 0 saturated carbocycles. The number of nitrogens with one attached hydrogen (secondary N) is 1. The number of hydrogen-bond donors (Lipinski definition) is 1. The minimum atomic E-state index is -3.79. The van der Waals surface area contributed by atoms with Gasteiger partial charge in [-0.2, -0.15) is 0 Å². The molecule has 10 heteroatoms. The highest BCUT2D eigenvalue weighted by Crippen LogP contribution is 2.34. The van der Waals surface area contributed by atoms with Crippen molar-refractivity contribution in [3.05, 3.63) is 68.7 Å². The van der Waals surface area contributed by atoms with Gasteiger partial charge >= 0.3 is 0 Å². The van der Waals surface area contributed by atoms with Gasteiger partial charge in [0.15, 0.2) is 0 Å². The Morgan fingerprint density at radius 3 is 2.62 bits per heavy atom.